The summed E-state index contributed by atoms with van der Waals surface area (Å²) in [6, 6.07) is 10.0. The molecule has 0 amide bonds. The van der Waals surface area contributed by atoms with Gasteiger partial charge in [0, 0.05) is 35.0 Å². The number of hydrogen-bond donors (Lipinski definition) is 1. The summed E-state index contributed by atoms with van der Waals surface area (Å²) >= 11 is 8.03. The molecule has 0 atom stereocenters. The van der Waals surface area contributed by atoms with Gasteiger partial charge in [-0.05, 0) is 23.6 Å². The fourth-order valence-electron chi connectivity index (χ4n) is 2.44. The number of aromatic nitrogens is 1. The predicted molar refractivity (Wildman–Crippen MR) is 87.7 cm³/mol. The van der Waals surface area contributed by atoms with Gasteiger partial charge in [-0.25, -0.2) is 4.98 Å². The predicted octanol–water partition coefficient (Wildman–Crippen LogP) is 3.97. The number of hydrogen-bond acceptors (Lipinski definition) is 5. The highest BCUT2D eigenvalue weighted by molar-refractivity contribution is 7.09. The Balaban J connectivity index is 1.58. The molecule has 0 fully saturated rings. The van der Waals surface area contributed by atoms with Crippen molar-refractivity contribution in [1.82, 2.24) is 10.3 Å². The summed E-state index contributed by atoms with van der Waals surface area (Å²) in [5.41, 5.74) is 1.79. The Bertz CT molecular complexity index is 821. The number of benzene rings is 1. The highest BCUT2D eigenvalue weighted by Gasteiger charge is 2.16. The minimum Gasteiger partial charge on any atom is -0.454 e. The number of nitrogens with zero attached hydrogens (tertiary/aromatic N) is 1. The van der Waals surface area contributed by atoms with Crippen molar-refractivity contribution in [3.05, 3.63) is 51.3 Å². The molecule has 1 aromatic carbocycles. The minimum absolute atomic E-state index is 0.259. The van der Waals surface area contributed by atoms with Crippen molar-refractivity contribution in [2.45, 2.75) is 13.1 Å². The Morgan fingerprint density at radius 3 is 2.86 bits per heavy atom. The molecule has 1 N–H and O–H groups in total. The summed E-state index contributed by atoms with van der Waals surface area (Å²) in [7, 11) is 0. The summed E-state index contributed by atoms with van der Waals surface area (Å²) in [6.45, 7) is 1.76. The van der Waals surface area contributed by atoms with Crippen molar-refractivity contribution < 1.29 is 9.47 Å². The number of pyridine rings is 1. The molecule has 0 radical (unpaired) electrons. The van der Waals surface area contributed by atoms with Gasteiger partial charge in [-0.15, -0.1) is 11.3 Å². The normalized spacial score (nSPS) is 13.0. The molecule has 0 aliphatic carbocycles. The highest BCUT2D eigenvalue weighted by atomic mass is 35.5. The highest BCUT2D eigenvalue weighted by Crippen LogP contribution is 2.36. The molecule has 1 aliphatic rings. The third-order valence-electron chi connectivity index (χ3n) is 3.53. The maximum Gasteiger partial charge on any atom is 0.231 e. The summed E-state index contributed by atoms with van der Waals surface area (Å²) in [5, 5.41) is 6.99. The van der Waals surface area contributed by atoms with Crippen LogP contribution in [0.4, 0.5) is 0 Å². The van der Waals surface area contributed by atoms with Crippen LogP contribution in [0.25, 0.3) is 10.9 Å². The smallest absolute Gasteiger partial charge is 0.231 e. The third-order valence-corrected chi connectivity index (χ3v) is 4.73. The second-order valence-corrected chi connectivity index (χ2v) is 6.41. The molecule has 4 rings (SSSR count). The molecular weight excluding hydrogens is 320 g/mol. The van der Waals surface area contributed by atoms with E-state index in [9.17, 15) is 0 Å². The van der Waals surface area contributed by atoms with Crippen molar-refractivity contribution >= 4 is 33.8 Å². The zero-order valence-electron chi connectivity index (χ0n) is 11.6. The van der Waals surface area contributed by atoms with Gasteiger partial charge in [0.25, 0.3) is 0 Å². The second-order valence-electron chi connectivity index (χ2n) is 5.02. The van der Waals surface area contributed by atoms with Gasteiger partial charge in [-0.3, -0.25) is 0 Å². The van der Waals surface area contributed by atoms with Crippen LogP contribution in [-0.2, 0) is 13.1 Å². The van der Waals surface area contributed by atoms with Crippen LogP contribution in [0.5, 0.6) is 11.5 Å². The molecule has 0 saturated heterocycles. The number of rotatable bonds is 4. The van der Waals surface area contributed by atoms with E-state index in [-0.39, 0.29) is 6.79 Å². The van der Waals surface area contributed by atoms with E-state index in [0.29, 0.717) is 11.7 Å². The summed E-state index contributed by atoms with van der Waals surface area (Å²) in [4.78, 5) is 5.76. The van der Waals surface area contributed by atoms with Gasteiger partial charge in [-0.1, -0.05) is 17.7 Å². The molecule has 3 heterocycles. The van der Waals surface area contributed by atoms with Gasteiger partial charge in [0.05, 0.1) is 5.52 Å². The number of nitrogens with one attached hydrogen (secondary N) is 1. The van der Waals surface area contributed by atoms with Gasteiger partial charge < -0.3 is 14.8 Å². The van der Waals surface area contributed by atoms with Crippen LogP contribution in [-0.4, -0.2) is 11.8 Å². The van der Waals surface area contributed by atoms with Crippen molar-refractivity contribution in [1.29, 1.82) is 0 Å². The molecule has 0 saturated carbocycles. The molecule has 22 heavy (non-hydrogen) atoms. The van der Waals surface area contributed by atoms with E-state index >= 15 is 0 Å². The van der Waals surface area contributed by atoms with Gasteiger partial charge >= 0.3 is 0 Å². The maximum atomic E-state index is 6.29. The SMILES string of the molecule is Clc1nc2cc3c(cc2cc1CNCc1cccs1)OCO3. The molecule has 3 aromatic rings. The number of thiophene rings is 1. The maximum absolute atomic E-state index is 6.29. The third kappa shape index (κ3) is 2.63. The number of fused-ring (bicyclic) bond motifs is 2. The minimum atomic E-state index is 0.259. The Labute approximate surface area is 136 Å². The fourth-order valence-corrected chi connectivity index (χ4v) is 3.33. The van der Waals surface area contributed by atoms with E-state index in [2.05, 4.69) is 27.8 Å². The van der Waals surface area contributed by atoms with Crippen molar-refractivity contribution in [2.75, 3.05) is 6.79 Å². The van der Waals surface area contributed by atoms with Crippen molar-refractivity contribution in [3.8, 4) is 11.5 Å². The standard InChI is InChI=1S/C16H13ClN2O2S/c17-16-11(7-18-8-12-2-1-3-22-12)4-10-5-14-15(21-9-20-14)6-13(10)19-16/h1-6,18H,7-9H2. The van der Waals surface area contributed by atoms with E-state index in [1.165, 1.54) is 4.88 Å². The van der Waals surface area contributed by atoms with Crippen LogP contribution in [0.2, 0.25) is 5.15 Å². The molecule has 1 aliphatic heterocycles. The van der Waals surface area contributed by atoms with Crippen LogP contribution < -0.4 is 14.8 Å². The average molecular weight is 333 g/mol. The lowest BCUT2D eigenvalue weighted by Gasteiger charge is -2.08. The zero-order valence-corrected chi connectivity index (χ0v) is 13.2. The molecule has 0 unspecified atom stereocenters. The number of ether oxygens (including phenoxy) is 2. The van der Waals surface area contributed by atoms with Crippen LogP contribution in [0.1, 0.15) is 10.4 Å². The molecule has 0 bridgehead atoms. The summed E-state index contributed by atoms with van der Waals surface area (Å²) in [5.74, 6) is 1.48. The molecule has 0 spiro atoms. The van der Waals surface area contributed by atoms with Gasteiger partial charge in [-0.2, -0.15) is 0 Å². The lowest BCUT2D eigenvalue weighted by molar-refractivity contribution is 0.174. The van der Waals surface area contributed by atoms with Gasteiger partial charge in [0.1, 0.15) is 5.15 Å². The van der Waals surface area contributed by atoms with Crippen LogP contribution in [0.15, 0.2) is 35.7 Å². The Morgan fingerprint density at radius 1 is 1.18 bits per heavy atom. The van der Waals surface area contributed by atoms with Crippen LogP contribution in [0, 0.1) is 0 Å². The summed E-state index contributed by atoms with van der Waals surface area (Å²) in [6.07, 6.45) is 0. The Hall–Kier alpha value is -1.82. The lowest BCUT2D eigenvalue weighted by Crippen LogP contribution is -2.12. The van der Waals surface area contributed by atoms with E-state index in [4.69, 9.17) is 21.1 Å². The van der Waals surface area contributed by atoms with E-state index in [1.807, 2.05) is 18.2 Å². The molecular formula is C16H13ClN2O2S. The van der Waals surface area contributed by atoms with E-state index in [1.54, 1.807) is 11.3 Å². The number of halogens is 1. The van der Waals surface area contributed by atoms with Crippen LogP contribution in [0.3, 0.4) is 0 Å². The first-order valence-corrected chi connectivity index (χ1v) is 8.17. The average Bonchev–Trinajstić information content (AvgIpc) is 3.16. The summed E-state index contributed by atoms with van der Waals surface area (Å²) < 4.78 is 10.8. The Morgan fingerprint density at radius 2 is 2.05 bits per heavy atom. The van der Waals surface area contributed by atoms with Gasteiger partial charge in [0.15, 0.2) is 11.5 Å². The first kappa shape index (κ1) is 13.8. The van der Waals surface area contributed by atoms with Crippen molar-refractivity contribution in [3.63, 3.8) is 0 Å². The Kier molecular flexibility index (Phi) is 3.62. The van der Waals surface area contributed by atoms with E-state index < -0.39 is 0 Å². The van der Waals surface area contributed by atoms with Crippen molar-refractivity contribution in [2.24, 2.45) is 0 Å². The molecule has 112 valence electrons. The van der Waals surface area contributed by atoms with Crippen LogP contribution >= 0.6 is 22.9 Å². The molecule has 4 nitrogen and oxygen atoms in total. The first-order chi connectivity index (χ1) is 10.8. The monoisotopic (exact) mass is 332 g/mol. The lowest BCUT2D eigenvalue weighted by atomic mass is 10.1. The largest absolute Gasteiger partial charge is 0.454 e. The molecule has 2 aromatic heterocycles. The zero-order chi connectivity index (χ0) is 14.9. The fraction of sp³-hybridized carbons (Fsp3) is 0.188. The second kappa shape index (κ2) is 5.76. The topological polar surface area (TPSA) is 43.4 Å². The first-order valence-electron chi connectivity index (χ1n) is 6.91. The molecule has 6 heteroatoms. The van der Waals surface area contributed by atoms with E-state index in [0.717, 1.165) is 34.5 Å². The quantitative estimate of drug-likeness (QED) is 0.734. The van der Waals surface area contributed by atoms with Gasteiger partial charge in [0.2, 0.25) is 6.79 Å².